The lowest BCUT2D eigenvalue weighted by Crippen LogP contribution is -2.22. The van der Waals surface area contributed by atoms with Crippen molar-refractivity contribution < 1.29 is 0 Å². The van der Waals surface area contributed by atoms with Gasteiger partial charge in [0.05, 0.1) is 11.4 Å². The first-order valence-electron chi connectivity index (χ1n) is 13.9. The van der Waals surface area contributed by atoms with Gasteiger partial charge >= 0.3 is 0 Å². The monoisotopic (exact) mass is 497 g/mol. The van der Waals surface area contributed by atoms with E-state index in [1.807, 2.05) is 0 Å². The van der Waals surface area contributed by atoms with Crippen LogP contribution in [0.1, 0.15) is 115 Å². The van der Waals surface area contributed by atoms with Crippen molar-refractivity contribution in [1.29, 1.82) is 0 Å². The van der Waals surface area contributed by atoms with Crippen LogP contribution in [0.4, 0.5) is 11.4 Å². The summed E-state index contributed by atoms with van der Waals surface area (Å²) in [6.07, 6.45) is 20.8. The van der Waals surface area contributed by atoms with E-state index in [4.69, 9.17) is 12.2 Å². The summed E-state index contributed by atoms with van der Waals surface area (Å²) in [6.45, 7) is 4.56. The van der Waals surface area contributed by atoms with Crippen molar-refractivity contribution in [2.24, 2.45) is 0 Å². The van der Waals surface area contributed by atoms with Crippen molar-refractivity contribution in [3.05, 3.63) is 59.7 Å². The molecule has 0 aliphatic carbocycles. The Bertz CT molecular complexity index is 755. The lowest BCUT2D eigenvalue weighted by Gasteiger charge is -2.28. The first-order chi connectivity index (χ1) is 16.7. The molecule has 0 bridgehead atoms. The highest BCUT2D eigenvalue weighted by Gasteiger charge is 2.18. The summed E-state index contributed by atoms with van der Waals surface area (Å²) in [5, 5.41) is 0. The molecule has 2 rings (SSSR count). The molecule has 0 aliphatic rings. The number of thiol groups is 1. The number of hydrogen-bond donors (Lipinski definition) is 1. The van der Waals surface area contributed by atoms with Gasteiger partial charge in [-0.3, -0.25) is 4.90 Å². The molecule has 0 spiro atoms. The topological polar surface area (TPSA) is 3.24 Å². The van der Waals surface area contributed by atoms with Crippen LogP contribution >= 0.6 is 24.8 Å². The molecular weight excluding hydrogens is 450 g/mol. The molecule has 188 valence electrons. The summed E-state index contributed by atoms with van der Waals surface area (Å²) in [5.74, 6) is 0. The van der Waals surface area contributed by atoms with E-state index in [0.29, 0.717) is 4.32 Å². The molecular formula is C31H47NS2. The number of benzene rings is 2. The van der Waals surface area contributed by atoms with Crippen molar-refractivity contribution in [3.63, 3.8) is 0 Å². The van der Waals surface area contributed by atoms with E-state index in [2.05, 4.69) is 79.9 Å². The van der Waals surface area contributed by atoms with E-state index in [0.717, 1.165) is 12.8 Å². The summed E-state index contributed by atoms with van der Waals surface area (Å²) < 4.78 is 0.624. The molecule has 0 radical (unpaired) electrons. The Morgan fingerprint density at radius 2 is 0.941 bits per heavy atom. The van der Waals surface area contributed by atoms with Crippen molar-refractivity contribution in [2.45, 2.75) is 117 Å². The largest absolute Gasteiger partial charge is 0.296 e. The van der Waals surface area contributed by atoms with Crippen molar-refractivity contribution >= 4 is 40.5 Å². The fourth-order valence-electron chi connectivity index (χ4n) is 4.76. The summed E-state index contributed by atoms with van der Waals surface area (Å²) in [4.78, 5) is 2.20. The zero-order valence-corrected chi connectivity index (χ0v) is 23.4. The van der Waals surface area contributed by atoms with Crippen LogP contribution in [0.25, 0.3) is 0 Å². The highest BCUT2D eigenvalue weighted by molar-refractivity contribution is 8.11. The zero-order chi connectivity index (χ0) is 24.4. The molecule has 34 heavy (non-hydrogen) atoms. The first kappa shape index (κ1) is 28.9. The summed E-state index contributed by atoms with van der Waals surface area (Å²) in [7, 11) is 0. The lowest BCUT2D eigenvalue weighted by atomic mass is 10.0. The first-order valence-corrected chi connectivity index (χ1v) is 14.7. The maximum absolute atomic E-state index is 5.68. The van der Waals surface area contributed by atoms with Gasteiger partial charge in [0.25, 0.3) is 0 Å². The summed E-state index contributed by atoms with van der Waals surface area (Å²) >= 11 is 10.4. The second-order valence-corrected chi connectivity index (χ2v) is 10.7. The third kappa shape index (κ3) is 10.5. The van der Waals surface area contributed by atoms with Gasteiger partial charge in [-0.1, -0.05) is 140 Å². The predicted octanol–water partition coefficient (Wildman–Crippen LogP) is 10.6. The molecule has 0 aliphatic heterocycles. The number of thiocarbonyl (C=S) groups is 1. The Kier molecular flexibility index (Phi) is 15.3. The molecule has 0 unspecified atom stereocenters. The van der Waals surface area contributed by atoms with Crippen molar-refractivity contribution in [2.75, 3.05) is 4.90 Å². The van der Waals surface area contributed by atoms with E-state index < -0.39 is 0 Å². The SMILES string of the molecule is CCCCCCCCCc1ccccc1N(C(=S)S)c1ccccc1CCCCCCCCC. The Morgan fingerprint density at radius 3 is 1.32 bits per heavy atom. The van der Waals surface area contributed by atoms with Gasteiger partial charge < -0.3 is 0 Å². The van der Waals surface area contributed by atoms with E-state index in [9.17, 15) is 0 Å². The normalized spacial score (nSPS) is 11.0. The average molecular weight is 498 g/mol. The minimum absolute atomic E-state index is 0.624. The van der Waals surface area contributed by atoms with Gasteiger partial charge in [0, 0.05) is 0 Å². The molecule has 1 nitrogen and oxygen atoms in total. The van der Waals surface area contributed by atoms with E-state index in [1.54, 1.807) is 0 Å². The second kappa shape index (κ2) is 18.0. The average Bonchev–Trinajstić information content (AvgIpc) is 2.84. The molecule has 0 saturated heterocycles. The lowest BCUT2D eigenvalue weighted by molar-refractivity contribution is 0.589. The molecule has 0 amide bonds. The second-order valence-electron chi connectivity index (χ2n) is 9.62. The standard InChI is InChI=1S/C31H47NS2/c1-3-5-7-9-11-13-15-21-27-23-17-19-25-29(27)32(31(33)34)30-26-20-18-24-28(30)22-16-14-12-10-8-6-4-2/h17-20,23-26H,3-16,21-22H2,1-2H3,(H,33,34). The van der Waals surface area contributed by atoms with Gasteiger partial charge in [-0.15, -0.1) is 12.6 Å². The Hall–Kier alpha value is -1.32. The van der Waals surface area contributed by atoms with Gasteiger partial charge in [-0.25, -0.2) is 0 Å². The molecule has 2 aromatic rings. The maximum atomic E-state index is 5.68. The van der Waals surface area contributed by atoms with Gasteiger partial charge in [0.1, 0.15) is 4.32 Å². The van der Waals surface area contributed by atoms with Crippen LogP contribution in [0.5, 0.6) is 0 Å². The van der Waals surface area contributed by atoms with E-state index in [-0.39, 0.29) is 0 Å². The van der Waals surface area contributed by atoms with Crippen molar-refractivity contribution in [3.8, 4) is 0 Å². The quantitative estimate of drug-likeness (QED) is 0.124. The highest BCUT2D eigenvalue weighted by Crippen LogP contribution is 2.34. The fraction of sp³-hybridized carbons (Fsp3) is 0.581. The smallest absolute Gasteiger partial charge is 0.142 e. The summed E-state index contributed by atoms with van der Waals surface area (Å²) in [5.41, 5.74) is 5.14. The zero-order valence-electron chi connectivity index (χ0n) is 21.7. The molecule has 0 heterocycles. The van der Waals surface area contributed by atoms with Gasteiger partial charge in [0.2, 0.25) is 0 Å². The Morgan fingerprint density at radius 1 is 0.588 bits per heavy atom. The number of hydrogen-bond acceptors (Lipinski definition) is 1. The van der Waals surface area contributed by atoms with Gasteiger partial charge in [0.15, 0.2) is 0 Å². The third-order valence-electron chi connectivity index (χ3n) is 6.76. The Balaban J connectivity index is 2.04. The van der Waals surface area contributed by atoms with Crippen LogP contribution in [-0.2, 0) is 12.8 Å². The number of anilines is 2. The molecule has 0 N–H and O–H groups in total. The molecule has 0 saturated carbocycles. The van der Waals surface area contributed by atoms with Crippen LogP contribution in [-0.4, -0.2) is 4.32 Å². The predicted molar refractivity (Wildman–Crippen MR) is 160 cm³/mol. The van der Waals surface area contributed by atoms with Crippen LogP contribution in [0, 0.1) is 0 Å². The maximum Gasteiger partial charge on any atom is 0.142 e. The number of unbranched alkanes of at least 4 members (excludes halogenated alkanes) is 12. The number of para-hydroxylation sites is 2. The minimum atomic E-state index is 0.624. The number of rotatable bonds is 18. The van der Waals surface area contributed by atoms with E-state index in [1.165, 1.54) is 112 Å². The number of aryl methyl sites for hydroxylation is 2. The van der Waals surface area contributed by atoms with Crippen LogP contribution < -0.4 is 4.90 Å². The van der Waals surface area contributed by atoms with Crippen LogP contribution in [0.2, 0.25) is 0 Å². The van der Waals surface area contributed by atoms with Crippen LogP contribution in [0.15, 0.2) is 48.5 Å². The molecule has 0 atom stereocenters. The van der Waals surface area contributed by atoms with Crippen LogP contribution in [0.3, 0.4) is 0 Å². The highest BCUT2D eigenvalue weighted by atomic mass is 32.1. The van der Waals surface area contributed by atoms with E-state index >= 15 is 0 Å². The molecule has 0 aromatic heterocycles. The fourth-order valence-corrected chi connectivity index (χ4v) is 5.17. The molecule has 3 heteroatoms. The third-order valence-corrected chi connectivity index (χ3v) is 7.14. The Labute approximate surface area is 221 Å². The minimum Gasteiger partial charge on any atom is -0.296 e. The van der Waals surface area contributed by atoms with Crippen molar-refractivity contribution in [1.82, 2.24) is 0 Å². The summed E-state index contributed by atoms with van der Waals surface area (Å²) in [6, 6.07) is 17.5. The molecule has 2 aromatic carbocycles. The van der Waals surface area contributed by atoms with Gasteiger partial charge in [-0.05, 0) is 48.9 Å². The number of nitrogens with zero attached hydrogens (tertiary/aromatic N) is 1. The van der Waals surface area contributed by atoms with Gasteiger partial charge in [-0.2, -0.15) is 0 Å². The molecule has 0 fully saturated rings.